The van der Waals surface area contributed by atoms with Crippen LogP contribution in [0.3, 0.4) is 0 Å². The van der Waals surface area contributed by atoms with Gasteiger partial charge in [-0.05, 0) is 0 Å². The van der Waals surface area contributed by atoms with Gasteiger partial charge in [-0.3, -0.25) is 0 Å². The summed E-state index contributed by atoms with van der Waals surface area (Å²) >= 11 is 0. The van der Waals surface area contributed by atoms with Crippen molar-refractivity contribution in [1.29, 1.82) is 10.5 Å². The predicted molar refractivity (Wildman–Crippen MR) is 58.0 cm³/mol. The van der Waals surface area contributed by atoms with E-state index < -0.39 is 24.1 Å². The highest BCUT2D eigenvalue weighted by atomic mass is 16.5. The number of methoxy groups -OCH3 is 2. The molecule has 2 aliphatic heterocycles. The maximum Gasteiger partial charge on any atom is 0.337 e. The predicted octanol–water partition coefficient (Wildman–Crippen LogP) is -0.246. The molecule has 2 aliphatic rings. The monoisotopic (exact) mass is 260 g/mol. The summed E-state index contributed by atoms with van der Waals surface area (Å²) in [6.45, 7) is 0. The van der Waals surface area contributed by atoms with E-state index in [4.69, 9.17) is 15.3 Å². The van der Waals surface area contributed by atoms with Crippen molar-refractivity contribution in [3.05, 3.63) is 22.3 Å². The highest BCUT2D eigenvalue weighted by molar-refractivity contribution is 6.05. The van der Waals surface area contributed by atoms with Gasteiger partial charge in [0.2, 0.25) is 0 Å². The Labute approximate surface area is 108 Å². The fraction of sp³-hybridized carbons (Fsp3) is 0.333. The molecule has 7 heteroatoms. The zero-order valence-electron chi connectivity index (χ0n) is 10.1. The van der Waals surface area contributed by atoms with E-state index in [0.717, 1.165) is 14.2 Å². The van der Waals surface area contributed by atoms with Crippen molar-refractivity contribution >= 4 is 11.9 Å². The second-order valence-electron chi connectivity index (χ2n) is 3.76. The molecule has 19 heavy (non-hydrogen) atoms. The molecular formula is C12H8N2O5. The number of nitriles is 2. The van der Waals surface area contributed by atoms with Gasteiger partial charge in [-0.2, -0.15) is 10.5 Å². The minimum atomic E-state index is -1.04. The molecule has 7 nitrogen and oxygen atoms in total. The van der Waals surface area contributed by atoms with Gasteiger partial charge in [-0.25, -0.2) is 9.59 Å². The van der Waals surface area contributed by atoms with Crippen molar-refractivity contribution in [3.8, 4) is 12.1 Å². The largest absolute Gasteiger partial charge is 0.466 e. The van der Waals surface area contributed by atoms with Gasteiger partial charge in [-0.15, -0.1) is 0 Å². The van der Waals surface area contributed by atoms with E-state index in [1.807, 2.05) is 12.1 Å². The lowest BCUT2D eigenvalue weighted by Gasteiger charge is -2.13. The summed E-state index contributed by atoms with van der Waals surface area (Å²) in [6.07, 6.45) is -2.07. The van der Waals surface area contributed by atoms with E-state index in [2.05, 4.69) is 9.47 Å². The SMILES string of the molecule is COC(=O)C1=C(C(=O)OC)[C@H]2O[C@@H]1C(C#N)=C2C#N. The summed E-state index contributed by atoms with van der Waals surface area (Å²) in [7, 11) is 2.30. The second-order valence-corrected chi connectivity index (χ2v) is 3.76. The number of rotatable bonds is 2. The molecule has 0 radical (unpaired) electrons. The minimum absolute atomic E-state index is 0.0283. The van der Waals surface area contributed by atoms with Crippen LogP contribution in [0, 0.1) is 22.7 Å². The second kappa shape index (κ2) is 4.56. The van der Waals surface area contributed by atoms with E-state index in [0.29, 0.717) is 0 Å². The topological polar surface area (TPSA) is 109 Å². The molecule has 0 aromatic carbocycles. The Balaban J connectivity index is 2.59. The Bertz CT molecular complexity index is 565. The van der Waals surface area contributed by atoms with E-state index in [1.54, 1.807) is 0 Å². The number of hydrogen-bond acceptors (Lipinski definition) is 7. The molecule has 0 aliphatic carbocycles. The van der Waals surface area contributed by atoms with Crippen molar-refractivity contribution in [1.82, 2.24) is 0 Å². The van der Waals surface area contributed by atoms with Gasteiger partial charge < -0.3 is 14.2 Å². The normalized spacial score (nSPS) is 24.0. The first-order valence-electron chi connectivity index (χ1n) is 5.21. The van der Waals surface area contributed by atoms with Gasteiger partial charge in [0.25, 0.3) is 0 Å². The van der Waals surface area contributed by atoms with E-state index >= 15 is 0 Å². The standard InChI is InChI=1S/C12H8N2O5/c1-17-11(15)7-8(12(16)18-2)10-6(4-14)5(3-13)9(7)19-10/h9-10H,1-2H3/t9-,10+. The smallest absolute Gasteiger partial charge is 0.337 e. The first-order chi connectivity index (χ1) is 9.10. The number of carbonyl (C=O) groups is 2. The highest BCUT2D eigenvalue weighted by Crippen LogP contribution is 2.43. The number of ether oxygens (including phenoxy) is 3. The molecule has 0 amide bonds. The van der Waals surface area contributed by atoms with Crippen LogP contribution in [0.4, 0.5) is 0 Å². The van der Waals surface area contributed by atoms with Crippen LogP contribution < -0.4 is 0 Å². The summed E-state index contributed by atoms with van der Waals surface area (Å²) < 4.78 is 14.5. The Morgan fingerprint density at radius 1 is 1.00 bits per heavy atom. The third-order valence-corrected chi connectivity index (χ3v) is 2.95. The molecule has 0 saturated carbocycles. The molecule has 2 atom stereocenters. The summed E-state index contributed by atoms with van der Waals surface area (Å²) in [5.41, 5.74) is -0.0918. The quantitative estimate of drug-likeness (QED) is 0.630. The lowest BCUT2D eigenvalue weighted by molar-refractivity contribution is -0.139. The Kier molecular flexibility index (Phi) is 3.07. The van der Waals surface area contributed by atoms with Gasteiger partial charge in [0, 0.05) is 0 Å². The van der Waals surface area contributed by atoms with Crippen LogP contribution >= 0.6 is 0 Å². The summed E-state index contributed by atoms with van der Waals surface area (Å²) in [6, 6.07) is 3.64. The van der Waals surface area contributed by atoms with Crippen molar-refractivity contribution in [2.75, 3.05) is 14.2 Å². The van der Waals surface area contributed by atoms with Crippen LogP contribution in [0.5, 0.6) is 0 Å². The molecule has 0 fully saturated rings. The average molecular weight is 260 g/mol. The first kappa shape index (κ1) is 12.8. The molecule has 2 heterocycles. The molecule has 0 aromatic heterocycles. The van der Waals surface area contributed by atoms with Crippen molar-refractivity contribution in [2.24, 2.45) is 0 Å². The molecule has 0 N–H and O–H groups in total. The van der Waals surface area contributed by atoms with E-state index in [-0.39, 0.29) is 22.3 Å². The zero-order chi connectivity index (χ0) is 14.2. The summed E-state index contributed by atoms with van der Waals surface area (Å²) in [5, 5.41) is 18.0. The third kappa shape index (κ3) is 1.60. The number of nitrogens with zero attached hydrogens (tertiary/aromatic N) is 2. The number of carbonyl (C=O) groups excluding carboxylic acids is 2. The van der Waals surface area contributed by atoms with E-state index in [1.165, 1.54) is 0 Å². The fourth-order valence-electron chi connectivity index (χ4n) is 2.15. The average Bonchev–Trinajstić information content (AvgIpc) is 2.99. The molecule has 2 rings (SSSR count). The Morgan fingerprint density at radius 2 is 1.37 bits per heavy atom. The van der Waals surface area contributed by atoms with Crippen LogP contribution in [0.1, 0.15) is 0 Å². The van der Waals surface area contributed by atoms with Gasteiger partial charge in [0.1, 0.15) is 12.2 Å². The molecule has 2 bridgehead atoms. The van der Waals surface area contributed by atoms with Gasteiger partial charge in [-0.1, -0.05) is 0 Å². The lowest BCUT2D eigenvalue weighted by atomic mass is 9.87. The maximum absolute atomic E-state index is 11.7. The van der Waals surface area contributed by atoms with Crippen LogP contribution in [0.25, 0.3) is 0 Å². The summed E-state index contributed by atoms with van der Waals surface area (Å²) in [5.74, 6) is -1.56. The molecule has 0 saturated heterocycles. The number of fused-ring (bicyclic) bond motifs is 2. The number of hydrogen-bond donors (Lipinski definition) is 0. The van der Waals surface area contributed by atoms with Gasteiger partial charge in [0.05, 0.1) is 48.7 Å². The first-order valence-corrected chi connectivity index (χ1v) is 5.21. The van der Waals surface area contributed by atoms with Crippen molar-refractivity contribution in [2.45, 2.75) is 12.2 Å². The van der Waals surface area contributed by atoms with Crippen LogP contribution in [-0.2, 0) is 23.8 Å². The maximum atomic E-state index is 11.7. The molecule has 96 valence electrons. The molecule has 0 unspecified atom stereocenters. The van der Waals surface area contributed by atoms with Crippen LogP contribution in [-0.4, -0.2) is 38.4 Å². The number of esters is 2. The molecular weight excluding hydrogens is 252 g/mol. The summed E-state index contributed by atoms with van der Waals surface area (Å²) in [4.78, 5) is 23.4. The van der Waals surface area contributed by atoms with Gasteiger partial charge in [0.15, 0.2) is 0 Å². The Morgan fingerprint density at radius 3 is 1.63 bits per heavy atom. The van der Waals surface area contributed by atoms with E-state index in [9.17, 15) is 9.59 Å². The highest BCUT2D eigenvalue weighted by Gasteiger charge is 2.52. The zero-order valence-corrected chi connectivity index (χ0v) is 10.1. The lowest BCUT2D eigenvalue weighted by Crippen LogP contribution is -2.25. The molecule has 0 spiro atoms. The van der Waals surface area contributed by atoms with Crippen LogP contribution in [0.15, 0.2) is 22.3 Å². The minimum Gasteiger partial charge on any atom is -0.466 e. The van der Waals surface area contributed by atoms with Crippen molar-refractivity contribution in [3.63, 3.8) is 0 Å². The molecule has 0 aromatic rings. The fourth-order valence-corrected chi connectivity index (χ4v) is 2.15. The van der Waals surface area contributed by atoms with Gasteiger partial charge >= 0.3 is 11.9 Å². The van der Waals surface area contributed by atoms with Crippen LogP contribution in [0.2, 0.25) is 0 Å². The third-order valence-electron chi connectivity index (χ3n) is 2.95. The van der Waals surface area contributed by atoms with Crippen molar-refractivity contribution < 1.29 is 23.8 Å². The Hall–Kier alpha value is -2.64.